The lowest BCUT2D eigenvalue weighted by Crippen LogP contribution is -2.31. The molecule has 0 bridgehead atoms. The molecule has 1 aromatic heterocycles. The van der Waals surface area contributed by atoms with Gasteiger partial charge in [0.15, 0.2) is 0 Å². The van der Waals surface area contributed by atoms with Crippen molar-refractivity contribution in [2.24, 2.45) is 0 Å². The lowest BCUT2D eigenvalue weighted by molar-refractivity contribution is -0.385. The van der Waals surface area contributed by atoms with E-state index in [1.165, 1.54) is 11.0 Å². The fraction of sp³-hybridized carbons (Fsp3) is 0.500. The topological polar surface area (TPSA) is 85.6 Å². The zero-order valence-corrected chi connectivity index (χ0v) is 12.3. The lowest BCUT2D eigenvalue weighted by atomic mass is 10.2. The van der Waals surface area contributed by atoms with E-state index < -0.39 is 10.8 Å². The average molecular weight is 302 g/mol. The van der Waals surface area contributed by atoms with E-state index in [1.54, 1.807) is 7.05 Å². The van der Waals surface area contributed by atoms with Crippen molar-refractivity contribution < 1.29 is 14.5 Å². The van der Waals surface area contributed by atoms with Crippen LogP contribution in [0.3, 0.4) is 0 Å². The third-order valence-electron chi connectivity index (χ3n) is 2.50. The Balaban J connectivity index is 2.85. The molecule has 7 nitrogen and oxygen atoms in total. The Morgan fingerprint density at radius 1 is 1.60 bits per heavy atom. The number of hydrogen-bond acceptors (Lipinski definition) is 5. The van der Waals surface area contributed by atoms with Crippen molar-refractivity contribution in [2.75, 3.05) is 20.2 Å². The van der Waals surface area contributed by atoms with E-state index in [0.29, 0.717) is 13.2 Å². The standard InChI is InChI=1S/C12H16ClN3O4/c1-8(2)20-5-4-15(3)12(17)9-6-11(13)14-7-10(9)16(18)19/h6-8H,4-5H2,1-3H3. The summed E-state index contributed by atoms with van der Waals surface area (Å²) in [6.45, 7) is 4.45. The Hall–Kier alpha value is -1.73. The van der Waals surface area contributed by atoms with Crippen LogP contribution in [0.5, 0.6) is 0 Å². The van der Waals surface area contributed by atoms with Crippen LogP contribution in [0.2, 0.25) is 5.15 Å². The highest BCUT2D eigenvalue weighted by Crippen LogP contribution is 2.21. The molecule has 0 spiro atoms. The first-order chi connectivity index (χ1) is 9.32. The molecule has 0 N–H and O–H groups in total. The molecule has 0 radical (unpaired) electrons. The molecule has 1 amide bonds. The summed E-state index contributed by atoms with van der Waals surface area (Å²) >= 11 is 5.69. The highest BCUT2D eigenvalue weighted by Gasteiger charge is 2.23. The van der Waals surface area contributed by atoms with Crippen LogP contribution in [0, 0.1) is 10.1 Å². The number of hydrogen-bond donors (Lipinski definition) is 0. The first kappa shape index (κ1) is 16.3. The van der Waals surface area contributed by atoms with Gasteiger partial charge in [0.05, 0.1) is 17.6 Å². The summed E-state index contributed by atoms with van der Waals surface area (Å²) < 4.78 is 5.33. The SMILES string of the molecule is CC(C)OCCN(C)C(=O)c1cc(Cl)ncc1[N+](=O)[O-]. The molecule has 0 aliphatic heterocycles. The Kier molecular flexibility index (Phi) is 5.84. The molecule has 1 rings (SSSR count). The molecule has 0 atom stereocenters. The van der Waals surface area contributed by atoms with Crippen LogP contribution in [0.15, 0.2) is 12.3 Å². The number of nitro groups is 1. The molecule has 0 aliphatic rings. The summed E-state index contributed by atoms with van der Waals surface area (Å²) in [5, 5.41) is 10.9. The molecule has 20 heavy (non-hydrogen) atoms. The highest BCUT2D eigenvalue weighted by atomic mass is 35.5. The monoisotopic (exact) mass is 301 g/mol. The Morgan fingerprint density at radius 3 is 2.80 bits per heavy atom. The average Bonchev–Trinajstić information content (AvgIpc) is 2.36. The molecule has 8 heteroatoms. The summed E-state index contributed by atoms with van der Waals surface area (Å²) in [7, 11) is 1.55. The molecular weight excluding hydrogens is 286 g/mol. The molecule has 0 fully saturated rings. The van der Waals surface area contributed by atoms with Gasteiger partial charge in [0.25, 0.3) is 11.6 Å². The predicted molar refractivity (Wildman–Crippen MR) is 73.9 cm³/mol. The maximum absolute atomic E-state index is 12.2. The van der Waals surface area contributed by atoms with Crippen LogP contribution < -0.4 is 0 Å². The number of pyridine rings is 1. The van der Waals surface area contributed by atoms with Gasteiger partial charge in [0.1, 0.15) is 16.9 Å². The fourth-order valence-electron chi connectivity index (χ4n) is 1.47. The van der Waals surface area contributed by atoms with Gasteiger partial charge in [0, 0.05) is 13.6 Å². The van der Waals surface area contributed by atoms with E-state index in [4.69, 9.17) is 16.3 Å². The van der Waals surface area contributed by atoms with Gasteiger partial charge in [-0.1, -0.05) is 11.6 Å². The maximum Gasteiger partial charge on any atom is 0.300 e. The van der Waals surface area contributed by atoms with Crippen molar-refractivity contribution in [2.45, 2.75) is 20.0 Å². The van der Waals surface area contributed by atoms with Gasteiger partial charge in [-0.25, -0.2) is 4.98 Å². The van der Waals surface area contributed by atoms with E-state index in [2.05, 4.69) is 4.98 Å². The third-order valence-corrected chi connectivity index (χ3v) is 2.71. The highest BCUT2D eigenvalue weighted by molar-refractivity contribution is 6.29. The number of aromatic nitrogens is 1. The van der Waals surface area contributed by atoms with Crippen molar-refractivity contribution in [3.8, 4) is 0 Å². The number of nitrogens with zero attached hydrogens (tertiary/aromatic N) is 3. The second kappa shape index (κ2) is 7.16. The van der Waals surface area contributed by atoms with E-state index in [9.17, 15) is 14.9 Å². The number of rotatable bonds is 6. The molecule has 0 aliphatic carbocycles. The van der Waals surface area contributed by atoms with Crippen LogP contribution in [0.25, 0.3) is 0 Å². The molecule has 0 aromatic carbocycles. The van der Waals surface area contributed by atoms with Crippen LogP contribution in [0.1, 0.15) is 24.2 Å². The number of likely N-dealkylation sites (N-methyl/N-ethyl adjacent to an activating group) is 1. The number of carbonyl (C=O) groups excluding carboxylic acids is 1. The van der Waals surface area contributed by atoms with Crippen molar-refractivity contribution in [3.05, 3.63) is 33.1 Å². The molecular formula is C12H16ClN3O4. The van der Waals surface area contributed by atoms with E-state index in [0.717, 1.165) is 6.20 Å². The third kappa shape index (κ3) is 4.43. The summed E-state index contributed by atoms with van der Waals surface area (Å²) in [4.78, 5) is 27.4. The normalized spacial score (nSPS) is 10.7. The predicted octanol–water partition coefficient (Wildman–Crippen LogP) is 2.14. The van der Waals surface area contributed by atoms with Gasteiger partial charge in [-0.05, 0) is 19.9 Å². The van der Waals surface area contributed by atoms with E-state index in [-0.39, 0.29) is 22.5 Å². The van der Waals surface area contributed by atoms with Gasteiger partial charge in [-0.2, -0.15) is 0 Å². The summed E-state index contributed by atoms with van der Waals surface area (Å²) in [6.07, 6.45) is 1.04. The van der Waals surface area contributed by atoms with Crippen LogP contribution in [-0.4, -0.2) is 47.0 Å². The van der Waals surface area contributed by atoms with Crippen molar-refractivity contribution in [1.29, 1.82) is 0 Å². The zero-order valence-electron chi connectivity index (χ0n) is 11.5. The number of amides is 1. The van der Waals surface area contributed by atoms with Crippen LogP contribution in [0.4, 0.5) is 5.69 Å². The summed E-state index contributed by atoms with van der Waals surface area (Å²) in [6, 6.07) is 1.20. The number of halogens is 1. The molecule has 0 saturated heterocycles. The second-order valence-electron chi connectivity index (χ2n) is 4.43. The van der Waals surface area contributed by atoms with E-state index >= 15 is 0 Å². The number of carbonyl (C=O) groups is 1. The molecule has 0 unspecified atom stereocenters. The lowest BCUT2D eigenvalue weighted by Gasteiger charge is -2.18. The first-order valence-electron chi connectivity index (χ1n) is 6.00. The first-order valence-corrected chi connectivity index (χ1v) is 6.37. The fourth-order valence-corrected chi connectivity index (χ4v) is 1.63. The maximum atomic E-state index is 12.2. The van der Waals surface area contributed by atoms with Gasteiger partial charge in [0.2, 0.25) is 0 Å². The molecule has 1 aromatic rings. The molecule has 110 valence electrons. The van der Waals surface area contributed by atoms with Crippen LogP contribution in [-0.2, 0) is 4.74 Å². The minimum Gasteiger partial charge on any atom is -0.377 e. The van der Waals surface area contributed by atoms with Gasteiger partial charge in [-0.15, -0.1) is 0 Å². The summed E-state index contributed by atoms with van der Waals surface area (Å²) in [5.74, 6) is -0.492. The van der Waals surface area contributed by atoms with E-state index in [1.807, 2.05) is 13.8 Å². The molecule has 1 heterocycles. The Bertz CT molecular complexity index is 507. The quantitative estimate of drug-likeness (QED) is 0.456. The van der Waals surface area contributed by atoms with Crippen LogP contribution >= 0.6 is 11.6 Å². The zero-order chi connectivity index (χ0) is 15.3. The van der Waals surface area contributed by atoms with Crippen molar-refractivity contribution >= 4 is 23.2 Å². The minimum atomic E-state index is -0.658. The van der Waals surface area contributed by atoms with Gasteiger partial charge in [-0.3, -0.25) is 14.9 Å². The second-order valence-corrected chi connectivity index (χ2v) is 4.81. The number of ether oxygens (including phenoxy) is 1. The molecule has 0 saturated carbocycles. The van der Waals surface area contributed by atoms with Gasteiger partial charge >= 0.3 is 0 Å². The largest absolute Gasteiger partial charge is 0.377 e. The smallest absolute Gasteiger partial charge is 0.300 e. The Morgan fingerprint density at radius 2 is 2.25 bits per heavy atom. The van der Waals surface area contributed by atoms with Crippen molar-refractivity contribution in [3.63, 3.8) is 0 Å². The Labute approximate surface area is 121 Å². The minimum absolute atomic E-state index is 0.0331. The summed E-state index contributed by atoms with van der Waals surface area (Å²) in [5.41, 5.74) is -0.446. The van der Waals surface area contributed by atoms with Gasteiger partial charge < -0.3 is 9.64 Å². The van der Waals surface area contributed by atoms with Crippen molar-refractivity contribution in [1.82, 2.24) is 9.88 Å².